The second kappa shape index (κ2) is 6.12. The third kappa shape index (κ3) is 3.79. The van der Waals surface area contributed by atoms with Gasteiger partial charge in [0.15, 0.2) is 0 Å². The summed E-state index contributed by atoms with van der Waals surface area (Å²) in [6.07, 6.45) is 4.21. The van der Waals surface area contributed by atoms with Crippen molar-refractivity contribution in [2.24, 2.45) is 5.92 Å². The molecule has 1 aliphatic carbocycles. The first-order valence-electron chi connectivity index (χ1n) is 6.39. The number of hydrogen-bond acceptors (Lipinski definition) is 2. The van der Waals surface area contributed by atoms with Crippen molar-refractivity contribution in [2.45, 2.75) is 38.3 Å². The molecule has 0 aromatic heterocycles. The average molecular weight is 237 g/mol. The van der Waals surface area contributed by atoms with Crippen LogP contribution < -0.4 is 5.32 Å². The lowest BCUT2D eigenvalue weighted by atomic mass is 9.86. The minimum absolute atomic E-state index is 0.163. The Morgan fingerprint density at radius 2 is 2.12 bits per heavy atom. The molecular formula is C14H20FNO. The van der Waals surface area contributed by atoms with Crippen LogP contribution in [0.2, 0.25) is 0 Å². The Bertz CT molecular complexity index is 356. The van der Waals surface area contributed by atoms with Gasteiger partial charge >= 0.3 is 0 Å². The lowest BCUT2D eigenvalue weighted by Crippen LogP contribution is -2.33. The SMILES string of the molecule is OC1CCCCC1CNCc1cccc(F)c1. The van der Waals surface area contributed by atoms with Gasteiger partial charge in [0, 0.05) is 13.1 Å². The first-order valence-corrected chi connectivity index (χ1v) is 6.39. The largest absolute Gasteiger partial charge is 0.393 e. The van der Waals surface area contributed by atoms with Crippen molar-refractivity contribution in [2.75, 3.05) is 6.54 Å². The monoisotopic (exact) mass is 237 g/mol. The molecule has 94 valence electrons. The van der Waals surface area contributed by atoms with Crippen molar-refractivity contribution in [1.29, 1.82) is 0 Å². The van der Waals surface area contributed by atoms with E-state index >= 15 is 0 Å². The fourth-order valence-electron chi connectivity index (χ4n) is 2.48. The van der Waals surface area contributed by atoms with Crippen LogP contribution in [0.5, 0.6) is 0 Å². The highest BCUT2D eigenvalue weighted by molar-refractivity contribution is 5.15. The summed E-state index contributed by atoms with van der Waals surface area (Å²) in [5.41, 5.74) is 0.954. The maximum absolute atomic E-state index is 12.9. The van der Waals surface area contributed by atoms with Gasteiger partial charge in [-0.15, -0.1) is 0 Å². The second-order valence-corrected chi connectivity index (χ2v) is 4.87. The number of aliphatic hydroxyl groups excluding tert-OH is 1. The molecule has 0 spiro atoms. The summed E-state index contributed by atoms with van der Waals surface area (Å²) < 4.78 is 12.9. The van der Waals surface area contributed by atoms with Crippen LogP contribution in [-0.2, 0) is 6.54 Å². The number of hydrogen-bond donors (Lipinski definition) is 2. The zero-order chi connectivity index (χ0) is 12.1. The number of nitrogens with one attached hydrogen (secondary N) is 1. The van der Waals surface area contributed by atoms with Gasteiger partial charge in [0.2, 0.25) is 0 Å². The summed E-state index contributed by atoms with van der Waals surface area (Å²) in [5.74, 6) is 0.166. The number of rotatable bonds is 4. The molecule has 17 heavy (non-hydrogen) atoms. The fraction of sp³-hybridized carbons (Fsp3) is 0.571. The van der Waals surface area contributed by atoms with Gasteiger partial charge in [0.1, 0.15) is 5.82 Å². The molecule has 3 heteroatoms. The predicted molar refractivity (Wildman–Crippen MR) is 66.1 cm³/mol. The Kier molecular flexibility index (Phi) is 4.51. The van der Waals surface area contributed by atoms with Crippen molar-refractivity contribution in [3.8, 4) is 0 Å². The molecule has 1 saturated carbocycles. The predicted octanol–water partition coefficient (Wildman–Crippen LogP) is 2.47. The normalized spacial score (nSPS) is 24.8. The van der Waals surface area contributed by atoms with E-state index in [0.717, 1.165) is 31.4 Å². The first-order chi connectivity index (χ1) is 8.25. The molecule has 1 fully saturated rings. The molecule has 2 nitrogen and oxygen atoms in total. The van der Waals surface area contributed by atoms with Gasteiger partial charge in [0.25, 0.3) is 0 Å². The van der Waals surface area contributed by atoms with Crippen molar-refractivity contribution in [3.05, 3.63) is 35.6 Å². The minimum Gasteiger partial charge on any atom is -0.393 e. The summed E-state index contributed by atoms with van der Waals surface area (Å²) in [4.78, 5) is 0. The van der Waals surface area contributed by atoms with Crippen LogP contribution in [0.3, 0.4) is 0 Å². The smallest absolute Gasteiger partial charge is 0.123 e. The fourth-order valence-corrected chi connectivity index (χ4v) is 2.48. The molecule has 0 amide bonds. The summed E-state index contributed by atoms with van der Waals surface area (Å²) in [5, 5.41) is 13.1. The van der Waals surface area contributed by atoms with Crippen molar-refractivity contribution >= 4 is 0 Å². The number of benzene rings is 1. The lowest BCUT2D eigenvalue weighted by molar-refractivity contribution is 0.0695. The second-order valence-electron chi connectivity index (χ2n) is 4.87. The Hall–Kier alpha value is -0.930. The molecule has 1 aliphatic rings. The summed E-state index contributed by atoms with van der Waals surface area (Å²) in [6.45, 7) is 1.48. The molecule has 2 rings (SSSR count). The summed E-state index contributed by atoms with van der Waals surface area (Å²) in [7, 11) is 0. The summed E-state index contributed by atoms with van der Waals surface area (Å²) in [6, 6.07) is 6.63. The van der Waals surface area contributed by atoms with E-state index in [9.17, 15) is 9.50 Å². The van der Waals surface area contributed by atoms with E-state index in [-0.39, 0.29) is 11.9 Å². The molecule has 0 radical (unpaired) electrons. The van der Waals surface area contributed by atoms with Crippen LogP contribution in [-0.4, -0.2) is 17.8 Å². The zero-order valence-electron chi connectivity index (χ0n) is 10.0. The van der Waals surface area contributed by atoms with Crippen LogP contribution in [0.4, 0.5) is 4.39 Å². The lowest BCUT2D eigenvalue weighted by Gasteiger charge is -2.27. The van der Waals surface area contributed by atoms with Crippen LogP contribution >= 0.6 is 0 Å². The van der Waals surface area contributed by atoms with E-state index in [1.807, 2.05) is 6.07 Å². The molecule has 1 aromatic carbocycles. The Morgan fingerprint density at radius 3 is 2.88 bits per heavy atom. The van der Waals surface area contributed by atoms with E-state index in [1.54, 1.807) is 12.1 Å². The van der Waals surface area contributed by atoms with Crippen molar-refractivity contribution in [1.82, 2.24) is 5.32 Å². The first kappa shape index (κ1) is 12.5. The zero-order valence-corrected chi connectivity index (χ0v) is 10.0. The van der Waals surface area contributed by atoms with E-state index in [0.29, 0.717) is 12.5 Å². The molecule has 1 aromatic rings. The Balaban J connectivity index is 1.75. The maximum atomic E-state index is 12.9. The maximum Gasteiger partial charge on any atom is 0.123 e. The number of halogens is 1. The molecule has 0 aliphatic heterocycles. The highest BCUT2D eigenvalue weighted by Gasteiger charge is 2.22. The van der Waals surface area contributed by atoms with Gasteiger partial charge in [-0.25, -0.2) is 4.39 Å². The van der Waals surface area contributed by atoms with Gasteiger partial charge in [-0.05, 0) is 36.5 Å². The van der Waals surface area contributed by atoms with E-state index in [4.69, 9.17) is 0 Å². The van der Waals surface area contributed by atoms with Gasteiger partial charge in [-0.2, -0.15) is 0 Å². The van der Waals surface area contributed by atoms with Crippen molar-refractivity contribution in [3.63, 3.8) is 0 Å². The summed E-state index contributed by atoms with van der Waals surface area (Å²) >= 11 is 0. The Morgan fingerprint density at radius 1 is 1.29 bits per heavy atom. The van der Waals surface area contributed by atoms with Crippen LogP contribution in [0.15, 0.2) is 24.3 Å². The molecule has 2 atom stereocenters. The molecule has 0 saturated heterocycles. The van der Waals surface area contributed by atoms with Crippen LogP contribution in [0, 0.1) is 11.7 Å². The quantitative estimate of drug-likeness (QED) is 0.843. The molecule has 2 N–H and O–H groups in total. The van der Waals surface area contributed by atoms with Crippen LogP contribution in [0.1, 0.15) is 31.2 Å². The van der Waals surface area contributed by atoms with Gasteiger partial charge in [-0.3, -0.25) is 0 Å². The van der Waals surface area contributed by atoms with E-state index < -0.39 is 0 Å². The van der Waals surface area contributed by atoms with Gasteiger partial charge in [-0.1, -0.05) is 25.0 Å². The van der Waals surface area contributed by atoms with Crippen LogP contribution in [0.25, 0.3) is 0 Å². The third-order valence-electron chi connectivity index (χ3n) is 3.49. The van der Waals surface area contributed by atoms with Gasteiger partial charge < -0.3 is 10.4 Å². The topological polar surface area (TPSA) is 32.3 Å². The third-order valence-corrected chi connectivity index (χ3v) is 3.49. The molecule has 0 heterocycles. The van der Waals surface area contributed by atoms with Gasteiger partial charge in [0.05, 0.1) is 6.10 Å². The van der Waals surface area contributed by atoms with Crippen molar-refractivity contribution < 1.29 is 9.50 Å². The minimum atomic E-state index is -0.193. The standard InChI is InChI=1S/C14H20FNO/c15-13-6-3-4-11(8-13)9-16-10-12-5-1-2-7-14(12)17/h3-4,6,8,12,14,16-17H,1-2,5,7,9-10H2. The number of aliphatic hydroxyl groups is 1. The van der Waals surface area contributed by atoms with E-state index in [2.05, 4.69) is 5.32 Å². The highest BCUT2D eigenvalue weighted by Crippen LogP contribution is 2.23. The molecular weight excluding hydrogens is 217 g/mol. The Labute approximate surface area is 102 Å². The van der Waals surface area contributed by atoms with E-state index in [1.165, 1.54) is 12.5 Å². The average Bonchev–Trinajstić information content (AvgIpc) is 2.32. The molecule has 2 unspecified atom stereocenters. The molecule has 0 bridgehead atoms. The highest BCUT2D eigenvalue weighted by atomic mass is 19.1.